The van der Waals surface area contributed by atoms with Crippen LogP contribution in [0.15, 0.2) is 34.9 Å². The Morgan fingerprint density at radius 2 is 2.05 bits per heavy atom. The van der Waals surface area contributed by atoms with E-state index in [9.17, 15) is 4.79 Å². The molecule has 0 radical (unpaired) electrons. The molecule has 0 aliphatic heterocycles. The molecular formula is C15H18BrN3O. The van der Waals surface area contributed by atoms with Crippen LogP contribution >= 0.6 is 15.9 Å². The van der Waals surface area contributed by atoms with Gasteiger partial charge in [-0.25, -0.2) is 0 Å². The molecule has 0 saturated heterocycles. The first-order valence-corrected chi connectivity index (χ1v) is 7.22. The fourth-order valence-corrected chi connectivity index (χ4v) is 2.54. The van der Waals surface area contributed by atoms with Crippen LogP contribution in [0, 0.1) is 6.92 Å². The van der Waals surface area contributed by atoms with Crippen LogP contribution in [-0.4, -0.2) is 10.5 Å². The Morgan fingerprint density at radius 3 is 2.65 bits per heavy atom. The largest absolute Gasteiger partial charge is 0.397 e. The van der Waals surface area contributed by atoms with Crippen molar-refractivity contribution in [1.29, 1.82) is 0 Å². The summed E-state index contributed by atoms with van der Waals surface area (Å²) in [4.78, 5) is 12.4. The summed E-state index contributed by atoms with van der Waals surface area (Å²) in [6.07, 6.45) is 1.79. The van der Waals surface area contributed by atoms with Crippen molar-refractivity contribution in [3.8, 4) is 0 Å². The lowest BCUT2D eigenvalue weighted by Gasteiger charge is -2.13. The minimum absolute atomic E-state index is 0.152. The maximum atomic E-state index is 12.4. The molecule has 2 rings (SSSR count). The maximum Gasteiger partial charge on any atom is 0.272 e. The topological polar surface area (TPSA) is 60.1 Å². The lowest BCUT2D eigenvalue weighted by atomic mass is 10.2. The number of hydrogen-bond donors (Lipinski definition) is 2. The van der Waals surface area contributed by atoms with Crippen LogP contribution in [-0.2, 0) is 0 Å². The van der Waals surface area contributed by atoms with Gasteiger partial charge in [0.15, 0.2) is 0 Å². The van der Waals surface area contributed by atoms with Gasteiger partial charge in [-0.3, -0.25) is 4.79 Å². The Morgan fingerprint density at radius 1 is 1.35 bits per heavy atom. The summed E-state index contributed by atoms with van der Waals surface area (Å²) in [5.74, 6) is -0.152. The number of hydrogen-bond acceptors (Lipinski definition) is 2. The Bertz CT molecular complexity index is 647. The molecule has 0 saturated carbocycles. The third-order valence-corrected chi connectivity index (χ3v) is 3.59. The van der Waals surface area contributed by atoms with E-state index in [1.54, 1.807) is 12.3 Å². The first kappa shape index (κ1) is 14.7. The molecule has 106 valence electrons. The molecule has 0 fully saturated rings. The van der Waals surface area contributed by atoms with Gasteiger partial charge >= 0.3 is 0 Å². The van der Waals surface area contributed by atoms with Gasteiger partial charge in [-0.2, -0.15) is 0 Å². The molecule has 1 heterocycles. The van der Waals surface area contributed by atoms with Crippen molar-refractivity contribution in [2.24, 2.45) is 0 Å². The highest BCUT2D eigenvalue weighted by Gasteiger charge is 2.15. The number of carbonyl (C=O) groups excluding carboxylic acids is 1. The first-order chi connectivity index (χ1) is 9.38. The molecule has 0 bridgehead atoms. The van der Waals surface area contributed by atoms with E-state index in [4.69, 9.17) is 5.73 Å². The van der Waals surface area contributed by atoms with Gasteiger partial charge in [-0.15, -0.1) is 0 Å². The molecule has 1 aromatic heterocycles. The van der Waals surface area contributed by atoms with Crippen molar-refractivity contribution in [1.82, 2.24) is 4.57 Å². The highest BCUT2D eigenvalue weighted by Crippen LogP contribution is 2.22. The van der Waals surface area contributed by atoms with Crippen molar-refractivity contribution in [2.45, 2.75) is 26.8 Å². The molecule has 1 amide bonds. The number of carbonyl (C=O) groups is 1. The molecule has 0 aliphatic carbocycles. The number of amides is 1. The maximum absolute atomic E-state index is 12.4. The van der Waals surface area contributed by atoms with Crippen molar-refractivity contribution >= 4 is 33.2 Å². The highest BCUT2D eigenvalue weighted by atomic mass is 79.9. The number of nitrogens with zero attached hydrogens (tertiary/aromatic N) is 1. The average Bonchev–Trinajstić information content (AvgIpc) is 2.75. The summed E-state index contributed by atoms with van der Waals surface area (Å²) in [6, 6.07) is 7.62. The number of rotatable bonds is 3. The summed E-state index contributed by atoms with van der Waals surface area (Å²) in [5.41, 5.74) is 8.76. The minimum Gasteiger partial charge on any atom is -0.397 e. The number of aromatic nitrogens is 1. The zero-order chi connectivity index (χ0) is 14.9. The van der Waals surface area contributed by atoms with Gasteiger partial charge < -0.3 is 15.6 Å². The molecule has 0 spiro atoms. The van der Waals surface area contributed by atoms with Crippen LogP contribution in [0.1, 0.15) is 35.9 Å². The predicted molar refractivity (Wildman–Crippen MR) is 86.1 cm³/mol. The van der Waals surface area contributed by atoms with E-state index in [1.165, 1.54) is 0 Å². The van der Waals surface area contributed by atoms with Crippen molar-refractivity contribution in [2.75, 3.05) is 11.1 Å². The van der Waals surface area contributed by atoms with E-state index in [0.29, 0.717) is 11.4 Å². The quantitative estimate of drug-likeness (QED) is 0.891. The lowest BCUT2D eigenvalue weighted by Crippen LogP contribution is -2.18. The van der Waals surface area contributed by atoms with E-state index in [2.05, 4.69) is 21.2 Å². The molecule has 2 aromatic rings. The fraction of sp³-hybridized carbons (Fsp3) is 0.267. The number of aryl methyl sites for hydroxylation is 1. The molecule has 0 aliphatic rings. The number of nitrogens with one attached hydrogen (secondary N) is 1. The van der Waals surface area contributed by atoms with Crippen LogP contribution in [0.5, 0.6) is 0 Å². The molecular weight excluding hydrogens is 318 g/mol. The SMILES string of the molecule is Cc1cc(Br)ccc1NC(=O)c1cc(N)cn1C(C)C. The second kappa shape index (κ2) is 5.71. The van der Waals surface area contributed by atoms with Crippen LogP contribution in [0.25, 0.3) is 0 Å². The van der Waals surface area contributed by atoms with Crippen LogP contribution < -0.4 is 11.1 Å². The van der Waals surface area contributed by atoms with Crippen LogP contribution in [0.3, 0.4) is 0 Å². The Kier molecular flexibility index (Phi) is 4.18. The average molecular weight is 336 g/mol. The molecule has 3 N–H and O–H groups in total. The molecule has 1 aromatic carbocycles. The Hall–Kier alpha value is -1.75. The van der Waals surface area contributed by atoms with Gasteiger partial charge in [0.05, 0.1) is 5.69 Å². The predicted octanol–water partition coefficient (Wildman–Crippen LogP) is 3.97. The number of nitrogens with two attached hydrogens (primary N) is 1. The van der Waals surface area contributed by atoms with Crippen LogP contribution in [0.4, 0.5) is 11.4 Å². The monoisotopic (exact) mass is 335 g/mol. The highest BCUT2D eigenvalue weighted by molar-refractivity contribution is 9.10. The number of benzene rings is 1. The lowest BCUT2D eigenvalue weighted by molar-refractivity contribution is 0.101. The van der Waals surface area contributed by atoms with Crippen molar-refractivity contribution < 1.29 is 4.79 Å². The number of nitrogen functional groups attached to an aromatic ring is 1. The summed E-state index contributed by atoms with van der Waals surface area (Å²) in [6.45, 7) is 5.98. The van der Waals surface area contributed by atoms with Gasteiger partial charge in [-0.1, -0.05) is 15.9 Å². The van der Waals surface area contributed by atoms with E-state index in [1.807, 2.05) is 43.5 Å². The van der Waals surface area contributed by atoms with Crippen molar-refractivity contribution in [3.05, 3.63) is 46.2 Å². The van der Waals surface area contributed by atoms with E-state index in [-0.39, 0.29) is 11.9 Å². The number of anilines is 2. The molecule has 4 nitrogen and oxygen atoms in total. The van der Waals surface area contributed by atoms with Gasteiger partial charge in [0, 0.05) is 22.4 Å². The van der Waals surface area contributed by atoms with E-state index >= 15 is 0 Å². The zero-order valence-corrected chi connectivity index (χ0v) is 13.4. The second-order valence-electron chi connectivity index (χ2n) is 5.07. The standard InChI is InChI=1S/C15H18BrN3O/c1-9(2)19-8-12(17)7-14(19)15(20)18-13-5-4-11(16)6-10(13)3/h4-9H,17H2,1-3H3,(H,18,20). The summed E-state index contributed by atoms with van der Waals surface area (Å²) in [7, 11) is 0. The summed E-state index contributed by atoms with van der Waals surface area (Å²) in [5, 5.41) is 2.93. The third-order valence-electron chi connectivity index (χ3n) is 3.10. The summed E-state index contributed by atoms with van der Waals surface area (Å²) >= 11 is 3.41. The van der Waals surface area contributed by atoms with Crippen molar-refractivity contribution in [3.63, 3.8) is 0 Å². The van der Waals surface area contributed by atoms with Crippen LogP contribution in [0.2, 0.25) is 0 Å². The Labute approximate surface area is 127 Å². The van der Waals surface area contributed by atoms with Gasteiger partial charge in [-0.05, 0) is 50.6 Å². The second-order valence-corrected chi connectivity index (χ2v) is 5.99. The van der Waals surface area contributed by atoms with Gasteiger partial charge in [0.1, 0.15) is 5.69 Å². The van der Waals surface area contributed by atoms with Gasteiger partial charge in [0.25, 0.3) is 5.91 Å². The Balaban J connectivity index is 2.28. The minimum atomic E-state index is -0.152. The zero-order valence-electron chi connectivity index (χ0n) is 11.8. The molecule has 20 heavy (non-hydrogen) atoms. The molecule has 5 heteroatoms. The van der Waals surface area contributed by atoms with E-state index < -0.39 is 0 Å². The van der Waals surface area contributed by atoms with Gasteiger partial charge in [0.2, 0.25) is 0 Å². The third kappa shape index (κ3) is 3.04. The first-order valence-electron chi connectivity index (χ1n) is 6.43. The molecule has 0 unspecified atom stereocenters. The summed E-state index contributed by atoms with van der Waals surface area (Å²) < 4.78 is 2.86. The van der Waals surface area contributed by atoms with E-state index in [0.717, 1.165) is 15.7 Å². The smallest absolute Gasteiger partial charge is 0.272 e. The molecule has 0 atom stereocenters. The number of halogens is 1. The normalized spacial score (nSPS) is 10.8. The fourth-order valence-electron chi connectivity index (χ4n) is 2.06.